The molecule has 3 aromatic carbocycles. The van der Waals surface area contributed by atoms with Crippen molar-refractivity contribution in [2.75, 3.05) is 6.54 Å². The van der Waals surface area contributed by atoms with Gasteiger partial charge in [-0.2, -0.15) is 0 Å². The van der Waals surface area contributed by atoms with Crippen LogP contribution in [0.1, 0.15) is 39.0 Å². The number of benzene rings is 3. The number of hydrogen-bond acceptors (Lipinski definition) is 3. The molecule has 6 heteroatoms. The minimum Gasteiger partial charge on any atom is -0.481 e. The number of rotatable bonds is 10. The highest BCUT2D eigenvalue weighted by molar-refractivity contribution is 5.98. The summed E-state index contributed by atoms with van der Waals surface area (Å²) in [6.45, 7) is 0.975. The van der Waals surface area contributed by atoms with E-state index < -0.39 is 5.97 Å². The molecule has 3 aromatic rings. The van der Waals surface area contributed by atoms with Crippen LogP contribution in [-0.2, 0) is 24.2 Å². The highest BCUT2D eigenvalue weighted by Gasteiger charge is 2.11. The van der Waals surface area contributed by atoms with Crippen molar-refractivity contribution in [1.29, 1.82) is 0 Å². The number of carbonyl (C=O) groups excluding carboxylic acids is 1. The van der Waals surface area contributed by atoms with Crippen LogP contribution in [0.4, 0.5) is 0 Å². The van der Waals surface area contributed by atoms with Gasteiger partial charge in [-0.3, -0.25) is 10.5 Å². The zero-order valence-corrected chi connectivity index (χ0v) is 17.9. The Balaban J connectivity index is 1.54. The van der Waals surface area contributed by atoms with Crippen molar-refractivity contribution in [2.24, 2.45) is 5.73 Å². The van der Waals surface area contributed by atoms with E-state index >= 15 is 0 Å². The molecular weight excluding hydrogens is 402 g/mol. The van der Waals surface area contributed by atoms with Crippen molar-refractivity contribution in [3.8, 4) is 0 Å². The maximum Gasteiger partial charge on any atom is 0.339 e. The molecular formula is C26H28N3O3+. The van der Waals surface area contributed by atoms with E-state index in [4.69, 9.17) is 10.8 Å². The molecule has 164 valence electrons. The predicted octanol–water partition coefficient (Wildman–Crippen LogP) is 1.66. The van der Waals surface area contributed by atoms with E-state index in [0.29, 0.717) is 24.2 Å². The molecule has 0 aliphatic heterocycles. The fourth-order valence-corrected chi connectivity index (χ4v) is 3.25. The largest absolute Gasteiger partial charge is 0.481 e. The summed E-state index contributed by atoms with van der Waals surface area (Å²) in [5, 5.41) is 11.7. The van der Waals surface area contributed by atoms with E-state index in [9.17, 15) is 9.59 Å². The molecule has 0 bridgehead atoms. The maximum atomic E-state index is 12.5. The molecule has 0 aromatic heterocycles. The summed E-state index contributed by atoms with van der Waals surface area (Å²) in [4.78, 5) is 25.8. The molecule has 5 N–H and O–H groups in total. The Labute approximate surface area is 187 Å². The molecule has 3 rings (SSSR count). The molecule has 0 heterocycles. The van der Waals surface area contributed by atoms with Gasteiger partial charge in [0.2, 0.25) is 0 Å². The van der Waals surface area contributed by atoms with Crippen LogP contribution in [0.2, 0.25) is 0 Å². The average Bonchev–Trinajstić information content (AvgIpc) is 2.81. The van der Waals surface area contributed by atoms with Gasteiger partial charge in [0, 0.05) is 13.1 Å². The fraction of sp³-hybridized carbons (Fsp3) is 0.192. The van der Waals surface area contributed by atoms with Gasteiger partial charge in [-0.15, -0.1) is 0 Å². The van der Waals surface area contributed by atoms with Gasteiger partial charge in [0.15, 0.2) is 0 Å². The van der Waals surface area contributed by atoms with E-state index in [1.807, 2.05) is 66.7 Å². The summed E-state index contributed by atoms with van der Waals surface area (Å²) in [7, 11) is 0. The van der Waals surface area contributed by atoms with Gasteiger partial charge >= 0.3 is 11.9 Å². The lowest BCUT2D eigenvalue weighted by Crippen LogP contribution is -2.79. The van der Waals surface area contributed by atoms with Crippen molar-refractivity contribution < 1.29 is 19.7 Å². The Bertz CT molecular complexity index is 1060. The van der Waals surface area contributed by atoms with Gasteiger partial charge in [0.1, 0.15) is 0 Å². The third-order valence-electron chi connectivity index (χ3n) is 5.12. The zero-order chi connectivity index (χ0) is 22.8. The number of carboxylic acids is 1. The monoisotopic (exact) mass is 430 g/mol. The molecule has 0 aliphatic carbocycles. The Morgan fingerprint density at radius 3 is 1.97 bits per heavy atom. The maximum absolute atomic E-state index is 12.5. The predicted molar refractivity (Wildman–Crippen MR) is 124 cm³/mol. The van der Waals surface area contributed by atoms with E-state index in [2.05, 4.69) is 22.4 Å². The highest BCUT2D eigenvalue weighted by atomic mass is 16.4. The van der Waals surface area contributed by atoms with Gasteiger partial charge in [-0.25, -0.2) is 9.79 Å². The first-order valence-electron chi connectivity index (χ1n) is 10.6. The van der Waals surface area contributed by atoms with Crippen LogP contribution in [0.15, 0.2) is 78.9 Å². The normalized spacial score (nSPS) is 11.3. The molecule has 6 nitrogen and oxygen atoms in total. The average molecular weight is 431 g/mol. The van der Waals surface area contributed by atoms with Crippen LogP contribution in [0.25, 0.3) is 0 Å². The number of amidine groups is 1. The molecule has 0 saturated heterocycles. The first-order valence-corrected chi connectivity index (χ1v) is 10.6. The number of hydrogen-bond donors (Lipinski definition) is 4. The third-order valence-corrected chi connectivity index (χ3v) is 5.12. The molecule has 32 heavy (non-hydrogen) atoms. The van der Waals surface area contributed by atoms with Gasteiger partial charge < -0.3 is 10.4 Å². The Hall–Kier alpha value is -3.77. The van der Waals surface area contributed by atoms with Crippen molar-refractivity contribution in [1.82, 2.24) is 5.32 Å². The first kappa shape index (κ1) is 22.9. The molecule has 0 saturated carbocycles. The minimum absolute atomic E-state index is 0.0822. The summed E-state index contributed by atoms with van der Waals surface area (Å²) < 4.78 is 0. The third kappa shape index (κ3) is 7.18. The summed E-state index contributed by atoms with van der Waals surface area (Å²) in [5.41, 5.74) is 10.8. The molecule has 0 aliphatic rings. The smallest absolute Gasteiger partial charge is 0.339 e. The highest BCUT2D eigenvalue weighted by Crippen LogP contribution is 2.09. The Morgan fingerprint density at radius 2 is 1.34 bits per heavy atom. The van der Waals surface area contributed by atoms with Gasteiger partial charge in [0.25, 0.3) is 5.84 Å². The van der Waals surface area contributed by atoms with Gasteiger partial charge in [-0.05, 0) is 53.8 Å². The van der Waals surface area contributed by atoms with Gasteiger partial charge in [0.05, 0.1) is 17.5 Å². The Kier molecular flexibility index (Phi) is 8.29. The number of amides is 1. The number of carboxylic acid groups (broad SMARTS) is 1. The number of nitrogen functional groups attached to an aromatic ring is 1. The lowest BCUT2D eigenvalue weighted by molar-refractivity contribution is -0.345. The van der Waals surface area contributed by atoms with Crippen molar-refractivity contribution in [3.05, 3.63) is 107 Å². The van der Waals surface area contributed by atoms with E-state index in [1.165, 1.54) is 11.1 Å². The van der Waals surface area contributed by atoms with Crippen LogP contribution in [0, 0.1) is 0 Å². The topological polar surface area (TPSA) is 106 Å². The van der Waals surface area contributed by atoms with Crippen molar-refractivity contribution in [2.45, 2.75) is 25.8 Å². The van der Waals surface area contributed by atoms with E-state index in [-0.39, 0.29) is 18.2 Å². The quantitative estimate of drug-likeness (QED) is 0.222. The number of carbonyl (C=O) groups is 2. The molecule has 0 spiro atoms. The Morgan fingerprint density at radius 1 is 0.781 bits per heavy atom. The summed E-state index contributed by atoms with van der Waals surface area (Å²) in [6.07, 6.45) is 1.95. The lowest BCUT2D eigenvalue weighted by Gasteiger charge is -2.04. The van der Waals surface area contributed by atoms with Crippen molar-refractivity contribution >= 4 is 17.7 Å². The number of nitrogens with one attached hydrogen (secondary N) is 2. The number of aryl methyl sites for hydroxylation is 2. The number of aliphatic carboxylic acids is 1. The van der Waals surface area contributed by atoms with Crippen LogP contribution in [0.5, 0.6) is 0 Å². The lowest BCUT2D eigenvalue weighted by atomic mass is 10.0. The molecule has 0 unspecified atom stereocenters. The summed E-state index contributed by atoms with van der Waals surface area (Å²) in [6, 6.07) is 25.3. The van der Waals surface area contributed by atoms with Crippen molar-refractivity contribution in [3.63, 3.8) is 0 Å². The second-order valence-electron chi connectivity index (χ2n) is 7.57. The second kappa shape index (κ2) is 11.6. The second-order valence-corrected chi connectivity index (χ2v) is 7.57. The SMILES string of the molecule is NC(=[NH+]C(=O)c1ccc(CCc2ccccc2)cc1)c1ccc(CNCCC(=O)O)cc1. The molecule has 1 amide bonds. The van der Waals surface area contributed by atoms with Crippen LogP contribution in [0.3, 0.4) is 0 Å². The van der Waals surface area contributed by atoms with Crippen LogP contribution >= 0.6 is 0 Å². The van der Waals surface area contributed by atoms with E-state index in [0.717, 1.165) is 18.4 Å². The molecule has 0 radical (unpaired) electrons. The zero-order valence-electron chi connectivity index (χ0n) is 17.9. The summed E-state index contributed by atoms with van der Waals surface area (Å²) in [5.74, 6) is -0.794. The van der Waals surface area contributed by atoms with E-state index in [1.54, 1.807) is 0 Å². The number of nitrogens with two attached hydrogens (primary N) is 1. The molecule has 0 atom stereocenters. The summed E-state index contributed by atoms with van der Waals surface area (Å²) >= 11 is 0. The standard InChI is InChI=1S/C26H27N3O3/c27-25(22-12-10-21(11-13-22)18-28-17-16-24(30)31)29-26(32)23-14-8-20(9-15-23)7-6-19-4-2-1-3-5-19/h1-5,8-15,28H,6-7,16-18H2,(H,30,31)(H2,27,29,32)/p+1. The minimum atomic E-state index is -0.826. The molecule has 0 fully saturated rings. The van der Waals surface area contributed by atoms with Crippen LogP contribution < -0.4 is 16.0 Å². The fourth-order valence-electron chi connectivity index (χ4n) is 3.25. The van der Waals surface area contributed by atoms with Crippen LogP contribution in [-0.4, -0.2) is 29.4 Å². The van der Waals surface area contributed by atoms with Gasteiger partial charge in [-0.1, -0.05) is 54.6 Å². The first-order chi connectivity index (χ1) is 15.5.